The SMILES string of the molecule is O=C1N=C([O-])CN1N=Cc1ccc([N+](=O)[O-])o1.[Na+]. The van der Waals surface area contributed by atoms with Gasteiger partial charge in [0.25, 0.3) is 0 Å². The van der Waals surface area contributed by atoms with E-state index >= 15 is 0 Å². The molecule has 1 aromatic heterocycles. The molecule has 0 radical (unpaired) electrons. The van der Waals surface area contributed by atoms with Crippen LogP contribution in [-0.2, 0) is 0 Å². The fourth-order valence-corrected chi connectivity index (χ4v) is 1.12. The van der Waals surface area contributed by atoms with E-state index in [-0.39, 0.29) is 41.9 Å². The molecule has 0 unspecified atom stereocenters. The van der Waals surface area contributed by atoms with E-state index in [1.54, 1.807) is 0 Å². The predicted octanol–water partition coefficient (Wildman–Crippen LogP) is -3.28. The van der Waals surface area contributed by atoms with Crippen molar-refractivity contribution in [2.75, 3.05) is 6.54 Å². The van der Waals surface area contributed by atoms with E-state index in [4.69, 9.17) is 4.42 Å². The van der Waals surface area contributed by atoms with E-state index in [0.29, 0.717) is 0 Å². The molecule has 0 aromatic carbocycles. The Morgan fingerprint density at radius 1 is 1.56 bits per heavy atom. The molecular weight excluding hydrogens is 255 g/mol. The molecule has 2 amide bonds. The van der Waals surface area contributed by atoms with Crippen LogP contribution < -0.4 is 34.7 Å². The van der Waals surface area contributed by atoms with Gasteiger partial charge < -0.3 is 9.52 Å². The first kappa shape index (κ1) is 14.4. The molecule has 10 heteroatoms. The molecule has 18 heavy (non-hydrogen) atoms. The number of carbonyl (C=O) groups is 1. The number of hydrogen-bond donors (Lipinski definition) is 0. The zero-order valence-corrected chi connectivity index (χ0v) is 11.3. The van der Waals surface area contributed by atoms with Gasteiger partial charge in [0.15, 0.2) is 5.76 Å². The quantitative estimate of drug-likeness (QED) is 0.244. The molecule has 1 aliphatic heterocycles. The smallest absolute Gasteiger partial charge is 0.860 e. The normalized spacial score (nSPS) is 14.8. The Morgan fingerprint density at radius 2 is 2.28 bits per heavy atom. The molecule has 0 spiro atoms. The van der Waals surface area contributed by atoms with Crippen molar-refractivity contribution in [2.24, 2.45) is 10.1 Å². The zero-order chi connectivity index (χ0) is 12.4. The second-order valence-corrected chi connectivity index (χ2v) is 3.02. The van der Waals surface area contributed by atoms with E-state index in [9.17, 15) is 20.0 Å². The van der Waals surface area contributed by atoms with Crippen molar-refractivity contribution in [3.63, 3.8) is 0 Å². The number of nitro groups is 1. The average Bonchev–Trinajstić information content (AvgIpc) is 2.82. The number of rotatable bonds is 3. The maximum absolute atomic E-state index is 11.0. The van der Waals surface area contributed by atoms with Crippen molar-refractivity contribution in [1.82, 2.24) is 5.01 Å². The number of furan rings is 1. The molecule has 9 nitrogen and oxygen atoms in total. The predicted molar refractivity (Wildman–Crippen MR) is 52.5 cm³/mol. The standard InChI is InChI=1S/C8H6N4O5.Na/c13-6-4-11(8(14)10-6)9-3-5-1-2-7(17-5)12(15)16;/h1-3H,4H2,(H,10,13,14);/q;+1/p-1. The molecule has 1 aliphatic rings. The third-order valence-corrected chi connectivity index (χ3v) is 1.84. The maximum atomic E-state index is 11.0. The van der Waals surface area contributed by atoms with Gasteiger partial charge in [-0.05, 0) is 12.0 Å². The third kappa shape index (κ3) is 3.15. The molecule has 0 N–H and O–H groups in total. The summed E-state index contributed by atoms with van der Waals surface area (Å²) in [6.07, 6.45) is 1.10. The molecule has 0 saturated heterocycles. The molecule has 0 atom stereocenters. The van der Waals surface area contributed by atoms with Crippen LogP contribution in [0.5, 0.6) is 0 Å². The van der Waals surface area contributed by atoms with Crippen LogP contribution in [0.4, 0.5) is 10.7 Å². The minimum Gasteiger partial charge on any atom is -0.860 e. The molecule has 0 bridgehead atoms. The van der Waals surface area contributed by atoms with Crippen LogP contribution in [0.2, 0.25) is 0 Å². The van der Waals surface area contributed by atoms with Gasteiger partial charge in [-0.25, -0.2) is 14.8 Å². The number of amides is 2. The number of carbonyl (C=O) groups excluding carboxylic acids is 1. The minimum atomic E-state index is -0.771. The summed E-state index contributed by atoms with van der Waals surface area (Å²) in [6.45, 7) is -0.238. The van der Waals surface area contributed by atoms with E-state index < -0.39 is 22.7 Å². The summed E-state index contributed by atoms with van der Waals surface area (Å²) in [4.78, 5) is 23.7. The van der Waals surface area contributed by atoms with Gasteiger partial charge in [-0.2, -0.15) is 5.10 Å². The van der Waals surface area contributed by atoms with Gasteiger partial charge in [-0.1, -0.05) is 0 Å². The number of urea groups is 1. The minimum absolute atomic E-state index is 0. The second-order valence-electron chi connectivity index (χ2n) is 3.02. The Morgan fingerprint density at radius 3 is 2.78 bits per heavy atom. The number of nitrogens with zero attached hydrogens (tertiary/aromatic N) is 4. The first-order valence-electron chi connectivity index (χ1n) is 4.40. The molecule has 2 heterocycles. The first-order valence-corrected chi connectivity index (χ1v) is 4.40. The Labute approximate surface area is 122 Å². The number of aliphatic imine (C=N–C) groups is 1. The van der Waals surface area contributed by atoms with Crippen molar-refractivity contribution < 1.29 is 48.8 Å². The van der Waals surface area contributed by atoms with Crippen LogP contribution in [0.1, 0.15) is 5.76 Å². The van der Waals surface area contributed by atoms with E-state index in [1.807, 2.05) is 0 Å². The first-order chi connectivity index (χ1) is 8.06. The van der Waals surface area contributed by atoms with Crippen molar-refractivity contribution in [2.45, 2.75) is 0 Å². The van der Waals surface area contributed by atoms with Gasteiger partial charge in [0.05, 0.1) is 18.8 Å². The Kier molecular flexibility index (Phi) is 4.59. The molecular formula is C8H5N4NaO5. The molecule has 0 fully saturated rings. The third-order valence-electron chi connectivity index (χ3n) is 1.84. The van der Waals surface area contributed by atoms with Crippen LogP contribution in [-0.4, -0.2) is 34.6 Å². The maximum Gasteiger partial charge on any atom is 1.00 e. The summed E-state index contributed by atoms with van der Waals surface area (Å²) in [6, 6.07) is 1.71. The van der Waals surface area contributed by atoms with Crippen LogP contribution in [0, 0.1) is 10.1 Å². The largest absolute Gasteiger partial charge is 1.00 e. The molecule has 0 aliphatic carbocycles. The van der Waals surface area contributed by atoms with Gasteiger partial charge in [-0.3, -0.25) is 10.1 Å². The second kappa shape index (κ2) is 5.76. The summed E-state index contributed by atoms with van der Waals surface area (Å²) in [5.74, 6) is -0.915. The van der Waals surface area contributed by atoms with Gasteiger partial charge in [0, 0.05) is 0 Å². The fourth-order valence-electron chi connectivity index (χ4n) is 1.12. The summed E-state index contributed by atoms with van der Waals surface area (Å²) >= 11 is 0. The van der Waals surface area contributed by atoms with Crippen LogP contribution in [0.25, 0.3) is 0 Å². The van der Waals surface area contributed by atoms with Crippen LogP contribution >= 0.6 is 0 Å². The van der Waals surface area contributed by atoms with Gasteiger partial charge in [0.2, 0.25) is 0 Å². The zero-order valence-electron chi connectivity index (χ0n) is 9.27. The van der Waals surface area contributed by atoms with E-state index in [0.717, 1.165) is 17.3 Å². The van der Waals surface area contributed by atoms with Gasteiger partial charge in [0.1, 0.15) is 4.92 Å². The summed E-state index contributed by atoms with van der Waals surface area (Å²) in [5, 5.41) is 25.5. The molecule has 2 rings (SSSR count). The monoisotopic (exact) mass is 260 g/mol. The Hall–Kier alpha value is -1.71. The van der Waals surface area contributed by atoms with Crippen molar-refractivity contribution in [3.8, 4) is 0 Å². The van der Waals surface area contributed by atoms with Crippen molar-refractivity contribution in [3.05, 3.63) is 28.0 Å². The topological polar surface area (TPSA) is 124 Å². The van der Waals surface area contributed by atoms with Crippen LogP contribution in [0.3, 0.4) is 0 Å². The van der Waals surface area contributed by atoms with Gasteiger partial charge >= 0.3 is 41.5 Å². The molecule has 1 aromatic rings. The number of hydrogen-bond acceptors (Lipinski definition) is 6. The summed E-state index contributed by atoms with van der Waals surface area (Å²) in [5.41, 5.74) is 0. The van der Waals surface area contributed by atoms with Crippen molar-refractivity contribution >= 4 is 24.0 Å². The molecule has 88 valence electrons. The summed E-state index contributed by atoms with van der Waals surface area (Å²) in [7, 11) is 0. The fraction of sp³-hybridized carbons (Fsp3) is 0.125. The number of hydrazone groups is 1. The average molecular weight is 260 g/mol. The Balaban J connectivity index is 0.00000162. The van der Waals surface area contributed by atoms with E-state index in [1.165, 1.54) is 6.07 Å². The van der Waals surface area contributed by atoms with Crippen molar-refractivity contribution in [1.29, 1.82) is 0 Å². The Bertz CT molecular complexity index is 537. The van der Waals surface area contributed by atoms with Crippen LogP contribution in [0.15, 0.2) is 26.6 Å². The molecule has 0 saturated carbocycles. The van der Waals surface area contributed by atoms with E-state index in [2.05, 4.69) is 10.1 Å². The summed E-state index contributed by atoms with van der Waals surface area (Å²) < 4.78 is 4.77. The van der Waals surface area contributed by atoms with Gasteiger partial charge in [-0.15, -0.1) is 0 Å².